The summed E-state index contributed by atoms with van der Waals surface area (Å²) in [5.74, 6) is -0.226. The molecule has 0 spiro atoms. The first-order valence-electron chi connectivity index (χ1n) is 8.62. The van der Waals surface area contributed by atoms with E-state index < -0.39 is 5.97 Å². The number of aliphatic carboxylic acids is 1. The molecule has 2 unspecified atom stereocenters. The molecule has 1 aromatic carbocycles. The van der Waals surface area contributed by atoms with E-state index in [1.54, 1.807) is 7.11 Å². The van der Waals surface area contributed by atoms with Crippen molar-refractivity contribution in [3.05, 3.63) is 59.4 Å². The van der Waals surface area contributed by atoms with Crippen molar-refractivity contribution in [2.24, 2.45) is 5.92 Å². The highest BCUT2D eigenvalue weighted by atomic mass is 16.5. The zero-order valence-electron chi connectivity index (χ0n) is 14.7. The maximum atomic E-state index is 11.5. The molecule has 3 rings (SSSR count). The summed E-state index contributed by atoms with van der Waals surface area (Å²) in [5, 5.41) is 9.42. The Morgan fingerprint density at radius 2 is 2.04 bits per heavy atom. The van der Waals surface area contributed by atoms with E-state index in [1.807, 2.05) is 43.5 Å². The number of pyridine rings is 1. The van der Waals surface area contributed by atoms with Gasteiger partial charge < -0.3 is 9.84 Å². The van der Waals surface area contributed by atoms with Crippen LogP contribution >= 0.6 is 0 Å². The molecule has 5 nitrogen and oxygen atoms in total. The molecule has 1 saturated heterocycles. The minimum absolute atomic E-state index is 0.0475. The number of nitrogens with zero attached hydrogens (tertiary/aromatic N) is 2. The smallest absolute Gasteiger partial charge is 0.307 e. The third-order valence-electron chi connectivity index (χ3n) is 4.81. The number of methoxy groups -OCH3 is 1. The van der Waals surface area contributed by atoms with Gasteiger partial charge in [-0.2, -0.15) is 0 Å². The van der Waals surface area contributed by atoms with Gasteiger partial charge in [0.1, 0.15) is 5.75 Å². The normalized spacial score (nSPS) is 19.4. The SMILES string of the molecule is COc1ccc(C(c2ccc(C)cn2)N2CCCC(C(=O)O)C2)cc1. The fourth-order valence-corrected chi connectivity index (χ4v) is 3.44. The number of carboxylic acids is 1. The molecule has 0 bridgehead atoms. The second-order valence-corrected chi connectivity index (χ2v) is 6.61. The van der Waals surface area contributed by atoms with Gasteiger partial charge in [0.2, 0.25) is 0 Å². The molecule has 5 heteroatoms. The topological polar surface area (TPSA) is 62.7 Å². The van der Waals surface area contributed by atoms with E-state index in [-0.39, 0.29) is 12.0 Å². The minimum atomic E-state index is -0.713. The van der Waals surface area contributed by atoms with Gasteiger partial charge in [0.25, 0.3) is 0 Å². The Bertz CT molecular complexity index is 713. The Kier molecular flexibility index (Phi) is 5.34. The number of hydrogen-bond acceptors (Lipinski definition) is 4. The van der Waals surface area contributed by atoms with Crippen LogP contribution in [0.3, 0.4) is 0 Å². The van der Waals surface area contributed by atoms with Gasteiger partial charge in [0.05, 0.1) is 24.8 Å². The van der Waals surface area contributed by atoms with Crippen LogP contribution in [-0.2, 0) is 4.79 Å². The molecular weight excluding hydrogens is 316 g/mol. The second-order valence-electron chi connectivity index (χ2n) is 6.61. The maximum Gasteiger partial charge on any atom is 0.307 e. The van der Waals surface area contributed by atoms with Crippen LogP contribution in [0.25, 0.3) is 0 Å². The summed E-state index contributed by atoms with van der Waals surface area (Å²) in [7, 11) is 1.65. The summed E-state index contributed by atoms with van der Waals surface area (Å²) < 4.78 is 5.26. The van der Waals surface area contributed by atoms with Crippen LogP contribution in [0, 0.1) is 12.8 Å². The van der Waals surface area contributed by atoms with Crippen molar-refractivity contribution in [1.29, 1.82) is 0 Å². The van der Waals surface area contributed by atoms with Gasteiger partial charge >= 0.3 is 5.97 Å². The summed E-state index contributed by atoms with van der Waals surface area (Å²) in [4.78, 5) is 18.3. The monoisotopic (exact) mass is 340 g/mol. The van der Waals surface area contributed by atoms with Gasteiger partial charge in [-0.05, 0) is 55.6 Å². The van der Waals surface area contributed by atoms with Crippen LogP contribution in [0.15, 0.2) is 42.6 Å². The Morgan fingerprint density at radius 1 is 1.28 bits per heavy atom. The standard InChI is InChI=1S/C20H24N2O3/c1-14-5-10-18(21-12-14)19(15-6-8-17(25-2)9-7-15)22-11-3-4-16(13-22)20(23)24/h5-10,12,16,19H,3-4,11,13H2,1-2H3,(H,23,24). The lowest BCUT2D eigenvalue weighted by molar-refractivity contribution is -0.143. The molecule has 0 aliphatic carbocycles. The number of hydrogen-bond donors (Lipinski definition) is 1. The number of aryl methyl sites for hydroxylation is 1. The number of piperidine rings is 1. The molecule has 1 N–H and O–H groups in total. The van der Waals surface area contributed by atoms with Crippen LogP contribution < -0.4 is 4.74 Å². The number of carboxylic acid groups (broad SMARTS) is 1. The molecule has 0 amide bonds. The first-order valence-corrected chi connectivity index (χ1v) is 8.62. The Hall–Kier alpha value is -2.40. The fraction of sp³-hybridized carbons (Fsp3) is 0.400. The molecule has 0 radical (unpaired) electrons. The zero-order chi connectivity index (χ0) is 17.8. The predicted molar refractivity (Wildman–Crippen MR) is 95.7 cm³/mol. The lowest BCUT2D eigenvalue weighted by atomic mass is 9.93. The summed E-state index contributed by atoms with van der Waals surface area (Å²) in [6.45, 7) is 3.43. The van der Waals surface area contributed by atoms with Crippen molar-refractivity contribution >= 4 is 5.97 Å². The molecule has 1 aliphatic heterocycles. The molecule has 2 heterocycles. The van der Waals surface area contributed by atoms with Crippen LogP contribution in [0.2, 0.25) is 0 Å². The summed E-state index contributed by atoms with van der Waals surface area (Å²) in [5.41, 5.74) is 3.16. The van der Waals surface area contributed by atoms with Gasteiger partial charge in [-0.25, -0.2) is 0 Å². The van der Waals surface area contributed by atoms with Crippen molar-refractivity contribution in [2.75, 3.05) is 20.2 Å². The number of ether oxygens (including phenoxy) is 1. The Labute approximate surface area is 148 Å². The quantitative estimate of drug-likeness (QED) is 0.905. The van der Waals surface area contributed by atoms with Crippen LogP contribution in [0.5, 0.6) is 5.75 Å². The van der Waals surface area contributed by atoms with Gasteiger partial charge in [0.15, 0.2) is 0 Å². The zero-order valence-corrected chi connectivity index (χ0v) is 14.7. The van der Waals surface area contributed by atoms with Crippen molar-refractivity contribution in [3.8, 4) is 5.75 Å². The Morgan fingerprint density at radius 3 is 2.64 bits per heavy atom. The second kappa shape index (κ2) is 7.66. The van der Waals surface area contributed by atoms with Gasteiger partial charge in [-0.3, -0.25) is 14.7 Å². The highest BCUT2D eigenvalue weighted by Crippen LogP contribution is 2.32. The van der Waals surface area contributed by atoms with Gasteiger partial charge in [-0.1, -0.05) is 18.2 Å². The fourth-order valence-electron chi connectivity index (χ4n) is 3.44. The molecule has 2 aromatic rings. The van der Waals surface area contributed by atoms with Gasteiger partial charge in [-0.15, -0.1) is 0 Å². The number of benzene rings is 1. The molecule has 1 aliphatic rings. The number of likely N-dealkylation sites (tertiary alicyclic amines) is 1. The third kappa shape index (κ3) is 3.99. The predicted octanol–water partition coefficient (Wildman–Crippen LogP) is 3.28. The summed E-state index contributed by atoms with van der Waals surface area (Å²) in [6.07, 6.45) is 3.49. The van der Waals surface area contributed by atoms with E-state index in [4.69, 9.17) is 4.74 Å². The largest absolute Gasteiger partial charge is 0.497 e. The molecule has 132 valence electrons. The van der Waals surface area contributed by atoms with E-state index in [9.17, 15) is 9.90 Å². The average molecular weight is 340 g/mol. The van der Waals surface area contributed by atoms with Crippen molar-refractivity contribution in [3.63, 3.8) is 0 Å². The maximum absolute atomic E-state index is 11.5. The molecule has 25 heavy (non-hydrogen) atoms. The van der Waals surface area contributed by atoms with E-state index in [1.165, 1.54) is 0 Å². The minimum Gasteiger partial charge on any atom is -0.497 e. The molecule has 1 aromatic heterocycles. The highest BCUT2D eigenvalue weighted by Gasteiger charge is 2.31. The Balaban J connectivity index is 1.95. The summed E-state index contributed by atoms with van der Waals surface area (Å²) >= 11 is 0. The van der Waals surface area contributed by atoms with Crippen LogP contribution in [0.1, 0.15) is 35.7 Å². The van der Waals surface area contributed by atoms with E-state index in [0.717, 1.165) is 42.0 Å². The average Bonchev–Trinajstić information content (AvgIpc) is 2.64. The molecular formula is C20H24N2O3. The van der Waals surface area contributed by atoms with E-state index >= 15 is 0 Å². The summed E-state index contributed by atoms with van der Waals surface area (Å²) in [6, 6.07) is 12.0. The molecule has 0 saturated carbocycles. The van der Waals surface area contributed by atoms with Crippen LogP contribution in [0.4, 0.5) is 0 Å². The van der Waals surface area contributed by atoms with Crippen LogP contribution in [-0.4, -0.2) is 41.2 Å². The van der Waals surface area contributed by atoms with E-state index in [2.05, 4.69) is 16.0 Å². The van der Waals surface area contributed by atoms with Crippen molar-refractivity contribution < 1.29 is 14.6 Å². The highest BCUT2D eigenvalue weighted by molar-refractivity contribution is 5.70. The van der Waals surface area contributed by atoms with Crippen molar-refractivity contribution in [1.82, 2.24) is 9.88 Å². The molecule has 1 fully saturated rings. The van der Waals surface area contributed by atoms with Crippen molar-refractivity contribution in [2.45, 2.75) is 25.8 Å². The first-order chi connectivity index (χ1) is 12.1. The lowest BCUT2D eigenvalue weighted by Gasteiger charge is -2.37. The first kappa shape index (κ1) is 17.4. The molecule has 2 atom stereocenters. The third-order valence-corrected chi connectivity index (χ3v) is 4.81. The van der Waals surface area contributed by atoms with E-state index in [0.29, 0.717) is 6.54 Å². The van der Waals surface area contributed by atoms with Gasteiger partial charge in [0, 0.05) is 12.7 Å². The lowest BCUT2D eigenvalue weighted by Crippen LogP contribution is -2.41. The number of rotatable bonds is 5. The number of aromatic nitrogens is 1. The number of carbonyl (C=O) groups is 1.